The molecule has 0 atom stereocenters. The molecule has 1 saturated heterocycles. The van der Waals surface area contributed by atoms with Crippen LogP contribution in [0.2, 0.25) is 0 Å². The second-order valence-electron chi connectivity index (χ2n) is 2.35. The van der Waals surface area contributed by atoms with E-state index in [4.69, 9.17) is 0 Å². The van der Waals surface area contributed by atoms with Gasteiger partial charge in [0.25, 0.3) is 0 Å². The average Bonchev–Trinajstić information content (AvgIpc) is 1.84. The lowest BCUT2D eigenvalue weighted by Crippen LogP contribution is -2.67. The molecule has 1 aliphatic heterocycles. The van der Waals surface area contributed by atoms with E-state index in [1.807, 2.05) is 19.2 Å². The summed E-state index contributed by atoms with van der Waals surface area (Å²) in [6.07, 6.45) is 0. The van der Waals surface area contributed by atoms with Crippen LogP contribution in [0.4, 0.5) is 9.59 Å². The molecule has 0 bridgehead atoms. The maximum Gasteiger partial charge on any atom is 0.348 e. The minimum Gasteiger partial charge on any atom is -0.256 e. The molecule has 10 heavy (non-hydrogen) atoms. The van der Waals surface area contributed by atoms with Crippen molar-refractivity contribution in [3.05, 3.63) is 0 Å². The van der Waals surface area contributed by atoms with Gasteiger partial charge in [0.05, 0.1) is 0 Å². The Morgan fingerprint density at radius 2 is 1.90 bits per heavy atom. The van der Waals surface area contributed by atoms with Gasteiger partial charge in [-0.2, -0.15) is 5.01 Å². The molecule has 0 radical (unpaired) electrons. The fourth-order valence-corrected chi connectivity index (χ4v) is 0.618. The van der Waals surface area contributed by atoms with Crippen molar-refractivity contribution in [2.45, 2.75) is 19.9 Å². The van der Waals surface area contributed by atoms with E-state index in [9.17, 15) is 9.59 Å². The van der Waals surface area contributed by atoms with Gasteiger partial charge in [-0.05, 0) is 13.8 Å². The highest BCUT2D eigenvalue weighted by Gasteiger charge is 2.33. The van der Waals surface area contributed by atoms with Crippen molar-refractivity contribution in [3.8, 4) is 0 Å². The molecule has 4 amide bonds. The van der Waals surface area contributed by atoms with E-state index in [1.54, 1.807) is 0 Å². The molecule has 0 unspecified atom stereocenters. The summed E-state index contributed by atoms with van der Waals surface area (Å²) in [7, 11) is 0. The second kappa shape index (κ2) is 2.26. The van der Waals surface area contributed by atoms with E-state index in [1.165, 1.54) is 0 Å². The van der Waals surface area contributed by atoms with Crippen LogP contribution < -0.4 is 10.7 Å². The number of nitrogens with zero attached hydrogens (tertiary/aromatic N) is 1. The number of urea groups is 2. The minimum atomic E-state index is -0.390. The Morgan fingerprint density at radius 1 is 1.40 bits per heavy atom. The third-order valence-electron chi connectivity index (χ3n) is 1.01. The van der Waals surface area contributed by atoms with Gasteiger partial charge < -0.3 is 0 Å². The zero-order valence-electron chi connectivity index (χ0n) is 5.84. The largest absolute Gasteiger partial charge is 0.348 e. The van der Waals surface area contributed by atoms with Gasteiger partial charge in [0.1, 0.15) is 0 Å². The van der Waals surface area contributed by atoms with Gasteiger partial charge >= 0.3 is 12.1 Å². The molecular formula is C5H9N3O2. The monoisotopic (exact) mass is 143 g/mol. The fraction of sp³-hybridized carbons (Fsp3) is 0.600. The van der Waals surface area contributed by atoms with Crippen LogP contribution in [0.3, 0.4) is 0 Å². The van der Waals surface area contributed by atoms with E-state index in [0.29, 0.717) is 0 Å². The molecule has 1 aliphatic rings. The van der Waals surface area contributed by atoms with Crippen LogP contribution in [0, 0.1) is 0 Å². The number of rotatable bonds is 2. The number of imide groups is 2. The highest BCUT2D eigenvalue weighted by atomic mass is 16.2. The molecule has 5 heteroatoms. The lowest BCUT2D eigenvalue weighted by atomic mass is 10.4. The smallest absolute Gasteiger partial charge is 0.256 e. The third kappa shape index (κ3) is 1.08. The molecule has 0 aromatic heterocycles. The first kappa shape index (κ1) is 7.01. The molecule has 0 spiro atoms. The zero-order chi connectivity index (χ0) is 7.72. The lowest BCUT2D eigenvalue weighted by molar-refractivity contribution is 0.134. The summed E-state index contributed by atoms with van der Waals surface area (Å²) >= 11 is 0. The fourth-order valence-electron chi connectivity index (χ4n) is 0.618. The summed E-state index contributed by atoms with van der Waals surface area (Å²) in [6, 6.07) is -0.688. The van der Waals surface area contributed by atoms with Gasteiger partial charge in [-0.3, -0.25) is 5.32 Å². The first-order valence-electron chi connectivity index (χ1n) is 3.02. The highest BCUT2D eigenvalue weighted by Crippen LogP contribution is 1.97. The molecular weight excluding hydrogens is 134 g/mol. The minimum absolute atomic E-state index is 0.0926. The molecule has 0 aromatic rings. The molecule has 0 aliphatic carbocycles. The summed E-state index contributed by atoms with van der Waals surface area (Å²) in [5.74, 6) is 0. The van der Waals surface area contributed by atoms with Crippen molar-refractivity contribution in [3.63, 3.8) is 0 Å². The number of nitrogens with one attached hydrogen (secondary N) is 2. The van der Waals surface area contributed by atoms with Crippen LogP contribution in [0.1, 0.15) is 13.8 Å². The Kier molecular flexibility index (Phi) is 1.58. The summed E-state index contributed by atoms with van der Waals surface area (Å²) in [5, 5.41) is 3.00. The topological polar surface area (TPSA) is 61.4 Å². The first-order chi connectivity index (χ1) is 4.61. The Morgan fingerprint density at radius 3 is 2.10 bits per heavy atom. The number of hydrazine groups is 1. The third-order valence-corrected chi connectivity index (χ3v) is 1.01. The van der Waals surface area contributed by atoms with Crippen LogP contribution in [-0.2, 0) is 0 Å². The van der Waals surface area contributed by atoms with Gasteiger partial charge in [0, 0.05) is 6.04 Å². The van der Waals surface area contributed by atoms with E-state index in [2.05, 4.69) is 5.43 Å². The predicted octanol–water partition coefficient (Wildman–Crippen LogP) is 0.0446. The van der Waals surface area contributed by atoms with Crippen LogP contribution in [0.15, 0.2) is 0 Å². The van der Waals surface area contributed by atoms with E-state index < -0.39 is 12.1 Å². The lowest BCUT2D eigenvalue weighted by Gasteiger charge is -2.30. The Labute approximate surface area is 58.3 Å². The Hall–Kier alpha value is -1.10. The number of carbonyl (C=O) groups is 2. The first-order valence-corrected chi connectivity index (χ1v) is 3.02. The van der Waals surface area contributed by atoms with Crippen molar-refractivity contribution in [2.24, 2.45) is 0 Å². The maximum absolute atomic E-state index is 10.5. The van der Waals surface area contributed by atoms with E-state index in [-0.39, 0.29) is 6.04 Å². The molecule has 1 rings (SSSR count). The number of hydrogen-bond acceptors (Lipinski definition) is 3. The quantitative estimate of drug-likeness (QED) is 0.574. The number of hydrogen-bond donors (Lipinski definition) is 2. The van der Waals surface area contributed by atoms with Gasteiger partial charge in [0.2, 0.25) is 0 Å². The van der Waals surface area contributed by atoms with Crippen LogP contribution >= 0.6 is 0 Å². The second-order valence-corrected chi connectivity index (χ2v) is 2.35. The summed E-state index contributed by atoms with van der Waals surface area (Å²) < 4.78 is 0. The predicted molar refractivity (Wildman–Crippen MR) is 34.0 cm³/mol. The molecule has 0 saturated carbocycles. The molecule has 1 heterocycles. The highest BCUT2D eigenvalue weighted by molar-refractivity contribution is 6.11. The SMILES string of the molecule is CC(C)NN1C(=O)NC1=O. The van der Waals surface area contributed by atoms with Crippen molar-refractivity contribution in [1.82, 2.24) is 15.8 Å². The summed E-state index contributed by atoms with van der Waals surface area (Å²) in [4.78, 5) is 21.0. The van der Waals surface area contributed by atoms with Crippen LogP contribution in [-0.4, -0.2) is 23.1 Å². The summed E-state index contributed by atoms with van der Waals surface area (Å²) in [5.41, 5.74) is 2.65. The van der Waals surface area contributed by atoms with E-state index in [0.717, 1.165) is 5.01 Å². The van der Waals surface area contributed by atoms with Crippen molar-refractivity contribution in [1.29, 1.82) is 0 Å². The standard InChI is InChI=1S/C5H9N3O2/c1-3(2)7-8-4(9)6-5(8)10/h3,7H,1-2H3,(H,6,9,10). The molecule has 1 fully saturated rings. The van der Waals surface area contributed by atoms with Gasteiger partial charge in [-0.1, -0.05) is 0 Å². The molecule has 5 nitrogen and oxygen atoms in total. The van der Waals surface area contributed by atoms with Gasteiger partial charge in [0.15, 0.2) is 0 Å². The normalized spacial score (nSPS) is 17.3. The Balaban J connectivity index is 2.41. The number of amides is 4. The molecule has 56 valence electrons. The molecule has 2 N–H and O–H groups in total. The van der Waals surface area contributed by atoms with Crippen LogP contribution in [0.25, 0.3) is 0 Å². The Bertz CT molecular complexity index is 164. The summed E-state index contributed by atoms with van der Waals surface area (Å²) in [6.45, 7) is 3.69. The van der Waals surface area contributed by atoms with Crippen molar-refractivity contribution < 1.29 is 9.59 Å². The van der Waals surface area contributed by atoms with Crippen molar-refractivity contribution in [2.75, 3.05) is 0 Å². The van der Waals surface area contributed by atoms with Crippen LogP contribution in [0.5, 0.6) is 0 Å². The van der Waals surface area contributed by atoms with Gasteiger partial charge in [-0.25, -0.2) is 15.0 Å². The number of carbonyl (C=O) groups excluding carboxylic acids is 2. The van der Waals surface area contributed by atoms with E-state index >= 15 is 0 Å². The average molecular weight is 143 g/mol. The van der Waals surface area contributed by atoms with Crippen molar-refractivity contribution >= 4 is 12.1 Å². The maximum atomic E-state index is 10.5. The molecule has 0 aromatic carbocycles. The van der Waals surface area contributed by atoms with Gasteiger partial charge in [-0.15, -0.1) is 0 Å². The zero-order valence-corrected chi connectivity index (χ0v) is 5.84.